The lowest BCUT2D eigenvalue weighted by Crippen LogP contribution is -2.12. The largest absolute Gasteiger partial charge is 0.493 e. The van der Waals surface area contributed by atoms with E-state index in [0.717, 1.165) is 35.3 Å². The van der Waals surface area contributed by atoms with E-state index in [1.165, 1.54) is 5.56 Å². The molecule has 4 rings (SSSR count). The molecule has 1 heterocycles. The fourth-order valence-corrected chi connectivity index (χ4v) is 3.82. The second-order valence-electron chi connectivity index (χ2n) is 7.82. The lowest BCUT2D eigenvalue weighted by atomic mass is 10.0. The first-order valence-electron chi connectivity index (χ1n) is 10.5. The van der Waals surface area contributed by atoms with E-state index < -0.39 is 6.10 Å². The summed E-state index contributed by atoms with van der Waals surface area (Å²) < 4.78 is 8.21. The molecule has 3 aromatic carbocycles. The summed E-state index contributed by atoms with van der Waals surface area (Å²) in [5.41, 5.74) is 4.00. The van der Waals surface area contributed by atoms with Crippen LogP contribution in [0.2, 0.25) is 0 Å². The van der Waals surface area contributed by atoms with Gasteiger partial charge in [-0.3, -0.25) is 0 Å². The van der Waals surface area contributed by atoms with Crippen molar-refractivity contribution in [2.75, 3.05) is 6.61 Å². The summed E-state index contributed by atoms with van der Waals surface area (Å²) in [6.45, 7) is 5.69. The predicted octanol–water partition coefficient (Wildman–Crippen LogP) is 5.71. The number of hydrogen-bond donors (Lipinski definition) is 1. The Labute approximate surface area is 177 Å². The second-order valence-corrected chi connectivity index (χ2v) is 7.82. The van der Waals surface area contributed by atoms with Gasteiger partial charge in [0.05, 0.1) is 17.6 Å². The molecular weight excluding hydrogens is 372 g/mol. The van der Waals surface area contributed by atoms with Crippen LogP contribution in [0, 0.1) is 0 Å². The van der Waals surface area contributed by atoms with Gasteiger partial charge in [0, 0.05) is 6.54 Å². The van der Waals surface area contributed by atoms with E-state index in [9.17, 15) is 5.11 Å². The van der Waals surface area contributed by atoms with Crippen molar-refractivity contribution < 1.29 is 9.84 Å². The summed E-state index contributed by atoms with van der Waals surface area (Å²) in [4.78, 5) is 4.74. The van der Waals surface area contributed by atoms with Crippen LogP contribution in [0.3, 0.4) is 0 Å². The third-order valence-corrected chi connectivity index (χ3v) is 5.37. The van der Waals surface area contributed by atoms with E-state index >= 15 is 0 Å². The standard InChI is InChI=1S/C26H28N2O2/c1-19(2)21-13-6-9-16-24(21)30-18-10-17-28-23-15-8-7-14-22(23)27-26(28)25(29)20-11-4-3-5-12-20/h3-9,11-16,19,25,29H,10,17-18H2,1-2H3. The zero-order valence-electron chi connectivity index (χ0n) is 17.5. The average Bonchev–Trinajstić information content (AvgIpc) is 3.15. The van der Waals surface area contributed by atoms with Gasteiger partial charge in [0.1, 0.15) is 17.7 Å². The van der Waals surface area contributed by atoms with Crippen LogP contribution in [0.15, 0.2) is 78.9 Å². The molecule has 4 heteroatoms. The van der Waals surface area contributed by atoms with Gasteiger partial charge in [-0.15, -0.1) is 0 Å². The first-order valence-corrected chi connectivity index (χ1v) is 10.5. The fraction of sp³-hybridized carbons (Fsp3) is 0.269. The molecule has 0 bridgehead atoms. The topological polar surface area (TPSA) is 47.3 Å². The molecule has 0 aliphatic carbocycles. The SMILES string of the molecule is CC(C)c1ccccc1OCCCn1c(C(O)c2ccccc2)nc2ccccc21. The highest BCUT2D eigenvalue weighted by atomic mass is 16.5. The molecule has 1 unspecified atom stereocenters. The number of benzene rings is 3. The number of para-hydroxylation sites is 3. The third-order valence-electron chi connectivity index (χ3n) is 5.37. The van der Waals surface area contributed by atoms with Gasteiger partial charge in [-0.05, 0) is 41.7 Å². The van der Waals surface area contributed by atoms with Crippen molar-refractivity contribution >= 4 is 11.0 Å². The van der Waals surface area contributed by atoms with Crippen LogP contribution in [0.5, 0.6) is 5.75 Å². The van der Waals surface area contributed by atoms with Crippen molar-refractivity contribution in [3.05, 3.63) is 95.8 Å². The van der Waals surface area contributed by atoms with Gasteiger partial charge in [0.2, 0.25) is 0 Å². The Morgan fingerprint density at radius 1 is 0.900 bits per heavy atom. The summed E-state index contributed by atoms with van der Waals surface area (Å²) in [7, 11) is 0. The van der Waals surface area contributed by atoms with Crippen molar-refractivity contribution in [2.45, 2.75) is 38.8 Å². The molecule has 0 saturated heterocycles. The van der Waals surface area contributed by atoms with Gasteiger partial charge in [-0.2, -0.15) is 0 Å². The number of ether oxygens (including phenoxy) is 1. The summed E-state index contributed by atoms with van der Waals surface area (Å²) in [5.74, 6) is 2.05. The number of aryl methyl sites for hydroxylation is 1. The number of aliphatic hydroxyl groups excluding tert-OH is 1. The van der Waals surface area contributed by atoms with Crippen LogP contribution < -0.4 is 4.74 Å². The Kier molecular flexibility index (Phi) is 6.15. The maximum Gasteiger partial charge on any atom is 0.143 e. The lowest BCUT2D eigenvalue weighted by molar-refractivity contribution is 0.203. The van der Waals surface area contributed by atoms with Gasteiger partial charge in [-0.1, -0.05) is 74.5 Å². The molecule has 0 fully saturated rings. The number of hydrogen-bond acceptors (Lipinski definition) is 3. The maximum atomic E-state index is 11.0. The Bertz CT molecular complexity index is 1100. The van der Waals surface area contributed by atoms with E-state index in [2.05, 4.69) is 36.6 Å². The predicted molar refractivity (Wildman–Crippen MR) is 121 cm³/mol. The van der Waals surface area contributed by atoms with Crippen LogP contribution in [0.4, 0.5) is 0 Å². The highest BCUT2D eigenvalue weighted by molar-refractivity contribution is 5.76. The Hall–Kier alpha value is -3.11. The Morgan fingerprint density at radius 2 is 1.60 bits per heavy atom. The van der Waals surface area contributed by atoms with Crippen LogP contribution in [-0.4, -0.2) is 21.3 Å². The average molecular weight is 401 g/mol. The molecular formula is C26H28N2O2. The van der Waals surface area contributed by atoms with Crippen LogP contribution in [0.25, 0.3) is 11.0 Å². The fourth-order valence-electron chi connectivity index (χ4n) is 3.82. The molecule has 0 spiro atoms. The summed E-state index contributed by atoms with van der Waals surface area (Å²) in [5, 5.41) is 11.0. The first kappa shape index (κ1) is 20.2. The molecule has 0 radical (unpaired) electrons. The number of aliphatic hydroxyl groups is 1. The molecule has 0 aliphatic rings. The van der Waals surface area contributed by atoms with Gasteiger partial charge < -0.3 is 14.4 Å². The minimum absolute atomic E-state index is 0.423. The number of aromatic nitrogens is 2. The third kappa shape index (κ3) is 4.24. The second kappa shape index (κ2) is 9.14. The van der Waals surface area contributed by atoms with E-state index in [1.54, 1.807) is 0 Å². The number of fused-ring (bicyclic) bond motifs is 1. The quantitative estimate of drug-likeness (QED) is 0.385. The Morgan fingerprint density at radius 3 is 2.40 bits per heavy atom. The first-order chi connectivity index (χ1) is 14.6. The number of rotatable bonds is 8. The van der Waals surface area contributed by atoms with Gasteiger partial charge >= 0.3 is 0 Å². The van der Waals surface area contributed by atoms with Gasteiger partial charge in [0.25, 0.3) is 0 Å². The van der Waals surface area contributed by atoms with E-state index in [4.69, 9.17) is 9.72 Å². The number of nitrogens with zero attached hydrogens (tertiary/aromatic N) is 2. The molecule has 30 heavy (non-hydrogen) atoms. The van der Waals surface area contributed by atoms with Gasteiger partial charge in [0.15, 0.2) is 0 Å². The van der Waals surface area contributed by atoms with Crippen molar-refractivity contribution in [3.63, 3.8) is 0 Å². The van der Waals surface area contributed by atoms with Crippen molar-refractivity contribution in [1.82, 2.24) is 9.55 Å². The van der Waals surface area contributed by atoms with Gasteiger partial charge in [-0.25, -0.2) is 4.98 Å². The summed E-state index contributed by atoms with van der Waals surface area (Å²) in [6, 6.07) is 25.9. The molecule has 0 amide bonds. The summed E-state index contributed by atoms with van der Waals surface area (Å²) >= 11 is 0. The molecule has 1 N–H and O–H groups in total. The van der Waals surface area contributed by atoms with Crippen molar-refractivity contribution in [2.24, 2.45) is 0 Å². The smallest absolute Gasteiger partial charge is 0.143 e. The highest BCUT2D eigenvalue weighted by Gasteiger charge is 2.19. The molecule has 4 nitrogen and oxygen atoms in total. The minimum Gasteiger partial charge on any atom is -0.493 e. The zero-order chi connectivity index (χ0) is 20.9. The molecule has 1 atom stereocenters. The van der Waals surface area contributed by atoms with Crippen molar-refractivity contribution in [1.29, 1.82) is 0 Å². The molecule has 0 aliphatic heterocycles. The molecule has 154 valence electrons. The maximum absolute atomic E-state index is 11.0. The van der Waals surface area contributed by atoms with Crippen LogP contribution in [-0.2, 0) is 6.54 Å². The van der Waals surface area contributed by atoms with E-state index in [1.807, 2.05) is 60.7 Å². The Balaban J connectivity index is 1.53. The van der Waals surface area contributed by atoms with Crippen molar-refractivity contribution in [3.8, 4) is 5.75 Å². The normalized spacial score (nSPS) is 12.4. The van der Waals surface area contributed by atoms with E-state index in [0.29, 0.717) is 18.3 Å². The van der Waals surface area contributed by atoms with E-state index in [-0.39, 0.29) is 0 Å². The lowest BCUT2D eigenvalue weighted by Gasteiger charge is -2.16. The minimum atomic E-state index is -0.763. The van der Waals surface area contributed by atoms with Crippen LogP contribution in [0.1, 0.15) is 49.2 Å². The monoisotopic (exact) mass is 400 g/mol. The highest BCUT2D eigenvalue weighted by Crippen LogP contribution is 2.27. The summed E-state index contributed by atoms with van der Waals surface area (Å²) in [6.07, 6.45) is 0.0579. The molecule has 0 saturated carbocycles. The molecule has 4 aromatic rings. The van der Waals surface area contributed by atoms with Crippen LogP contribution >= 0.6 is 0 Å². The zero-order valence-corrected chi connectivity index (χ0v) is 17.5. The molecule has 1 aromatic heterocycles. The number of imidazole rings is 1.